The summed E-state index contributed by atoms with van der Waals surface area (Å²) < 4.78 is 5.41. The van der Waals surface area contributed by atoms with Crippen LogP contribution < -0.4 is 10.6 Å². The van der Waals surface area contributed by atoms with E-state index in [4.69, 9.17) is 4.74 Å². The van der Waals surface area contributed by atoms with Gasteiger partial charge in [-0.1, -0.05) is 101 Å². The van der Waals surface area contributed by atoms with Crippen LogP contribution in [0.5, 0.6) is 0 Å². The van der Waals surface area contributed by atoms with Crippen molar-refractivity contribution >= 4 is 40.8 Å². The van der Waals surface area contributed by atoms with Crippen molar-refractivity contribution in [3.8, 4) is 0 Å². The maximum atomic E-state index is 13.7. The summed E-state index contributed by atoms with van der Waals surface area (Å²) in [5, 5.41) is 11.2. The fourth-order valence-corrected chi connectivity index (χ4v) is 5.99. The Bertz CT molecular complexity index is 1580. The normalized spacial score (nSPS) is 15.3. The van der Waals surface area contributed by atoms with E-state index in [0.717, 1.165) is 29.8 Å². The fraction of sp³-hybridized carbons (Fsp3) is 0.361. The lowest BCUT2D eigenvalue weighted by molar-refractivity contribution is -0.126. The number of hydrazone groups is 1. The van der Waals surface area contributed by atoms with Gasteiger partial charge in [-0.15, -0.1) is 0 Å². The smallest absolute Gasteiger partial charge is 0.342 e. The van der Waals surface area contributed by atoms with Crippen molar-refractivity contribution in [2.45, 2.75) is 65.4 Å². The Morgan fingerprint density at radius 1 is 0.956 bits per heavy atom. The second-order valence-corrected chi connectivity index (χ2v) is 12.5. The van der Waals surface area contributed by atoms with Crippen LogP contribution in [0.25, 0.3) is 0 Å². The van der Waals surface area contributed by atoms with E-state index in [1.54, 1.807) is 30.3 Å². The number of esters is 1. The zero-order chi connectivity index (χ0) is 31.8. The van der Waals surface area contributed by atoms with Crippen LogP contribution in [-0.2, 0) is 20.9 Å². The molecule has 3 amide bonds. The summed E-state index contributed by atoms with van der Waals surface area (Å²) in [4.78, 5) is 52.6. The molecular weight excluding hydrogens is 568 g/mol. The maximum absolute atomic E-state index is 13.7. The fourth-order valence-electron chi connectivity index (χ4n) is 5.99. The first-order valence-electron chi connectivity index (χ1n) is 15.6. The summed E-state index contributed by atoms with van der Waals surface area (Å²) in [6.07, 6.45) is 6.85. The second kappa shape index (κ2) is 14.3. The Hall–Kier alpha value is -4.79. The van der Waals surface area contributed by atoms with E-state index in [1.165, 1.54) is 25.3 Å². The van der Waals surface area contributed by atoms with Crippen molar-refractivity contribution < 1.29 is 23.9 Å². The van der Waals surface area contributed by atoms with Crippen LogP contribution in [0.4, 0.5) is 16.2 Å². The quantitative estimate of drug-likeness (QED) is 0.224. The average Bonchev–Trinajstić information content (AvgIpc) is 3.16. The van der Waals surface area contributed by atoms with E-state index >= 15 is 0 Å². The Kier molecular flexibility index (Phi) is 10.1. The first-order valence-corrected chi connectivity index (χ1v) is 15.6. The molecule has 1 fully saturated rings. The van der Waals surface area contributed by atoms with Crippen LogP contribution in [0.15, 0.2) is 84.0 Å². The molecule has 0 atom stereocenters. The van der Waals surface area contributed by atoms with Crippen LogP contribution in [0.2, 0.25) is 0 Å². The molecule has 0 spiro atoms. The molecular formula is C36H40N4O5. The number of fused-ring (bicyclic) bond motifs is 1. The van der Waals surface area contributed by atoms with Crippen molar-refractivity contribution in [3.63, 3.8) is 0 Å². The van der Waals surface area contributed by atoms with Gasteiger partial charge in [-0.2, -0.15) is 5.10 Å². The van der Waals surface area contributed by atoms with Gasteiger partial charge in [0.15, 0.2) is 0 Å². The lowest BCUT2D eigenvalue weighted by Gasteiger charge is -2.31. The molecule has 9 nitrogen and oxygen atoms in total. The number of amides is 3. The van der Waals surface area contributed by atoms with Crippen molar-refractivity contribution in [3.05, 3.63) is 95.6 Å². The Labute approximate surface area is 264 Å². The first-order chi connectivity index (χ1) is 21.7. The minimum atomic E-state index is -0.584. The maximum Gasteiger partial charge on any atom is 0.342 e. The predicted molar refractivity (Wildman–Crippen MR) is 174 cm³/mol. The number of hydrogen-bond acceptors (Lipinski definition) is 6. The molecule has 0 saturated heterocycles. The van der Waals surface area contributed by atoms with Crippen LogP contribution in [-0.4, -0.2) is 41.0 Å². The second-order valence-electron chi connectivity index (χ2n) is 12.5. The van der Waals surface area contributed by atoms with E-state index in [2.05, 4.69) is 15.7 Å². The minimum absolute atomic E-state index is 0.0386. The number of carbonyl (C=O) groups is 4. The van der Waals surface area contributed by atoms with Gasteiger partial charge in [0, 0.05) is 16.7 Å². The van der Waals surface area contributed by atoms with Gasteiger partial charge in [0.2, 0.25) is 5.91 Å². The molecule has 0 unspecified atom stereocenters. The Balaban J connectivity index is 1.27. The highest BCUT2D eigenvalue weighted by Crippen LogP contribution is 2.36. The molecule has 234 valence electrons. The molecule has 3 aromatic carbocycles. The molecule has 2 N–H and O–H groups in total. The lowest BCUT2D eigenvalue weighted by Crippen LogP contribution is -2.37. The van der Waals surface area contributed by atoms with Crippen LogP contribution in [0, 0.1) is 11.3 Å². The third kappa shape index (κ3) is 8.44. The monoisotopic (exact) mass is 608 g/mol. The summed E-state index contributed by atoms with van der Waals surface area (Å²) >= 11 is 0. The van der Waals surface area contributed by atoms with E-state index in [9.17, 15) is 19.2 Å². The standard InChI is InChI=1S/C36H40N4O5/c1-36(2,22-25-12-5-3-6-13-25)32(41)21-31-29-18-9-10-19-30(29)38-35(44)40(39-31)23-33(42)37-28-17-11-16-27(20-28)34(43)45-24-26-14-7-4-8-15-26/h4,7-11,14-20,25H,3,5-6,12-13,21-24H2,1-2H3,(H,37,42)(H,38,44). The third-order valence-electron chi connectivity index (χ3n) is 8.45. The number of urea groups is 1. The molecule has 0 radical (unpaired) electrons. The van der Waals surface area contributed by atoms with Crippen molar-refractivity contribution in [2.24, 2.45) is 16.4 Å². The molecule has 1 aliphatic carbocycles. The molecule has 2 aliphatic rings. The Morgan fingerprint density at radius 2 is 1.69 bits per heavy atom. The third-order valence-corrected chi connectivity index (χ3v) is 8.45. The number of ketones is 1. The zero-order valence-electron chi connectivity index (χ0n) is 25.9. The van der Waals surface area contributed by atoms with E-state index in [0.29, 0.717) is 28.6 Å². The molecule has 0 aromatic heterocycles. The highest BCUT2D eigenvalue weighted by molar-refractivity contribution is 6.17. The highest BCUT2D eigenvalue weighted by Gasteiger charge is 2.34. The molecule has 5 rings (SSSR count). The van der Waals surface area contributed by atoms with Crippen molar-refractivity contribution in [1.29, 1.82) is 0 Å². The van der Waals surface area contributed by atoms with Gasteiger partial charge in [0.1, 0.15) is 18.9 Å². The number of nitrogens with one attached hydrogen (secondary N) is 2. The number of nitrogens with zero attached hydrogens (tertiary/aromatic N) is 2. The van der Waals surface area contributed by atoms with E-state index < -0.39 is 29.9 Å². The number of ether oxygens (including phenoxy) is 1. The largest absolute Gasteiger partial charge is 0.457 e. The first kappa shape index (κ1) is 31.6. The van der Waals surface area contributed by atoms with E-state index in [1.807, 2.05) is 56.3 Å². The number of rotatable bonds is 11. The molecule has 9 heteroatoms. The topological polar surface area (TPSA) is 117 Å². The number of benzene rings is 3. The van der Waals surface area contributed by atoms with Crippen LogP contribution in [0.3, 0.4) is 0 Å². The summed E-state index contributed by atoms with van der Waals surface area (Å²) in [5.41, 5.74) is 2.58. The van der Waals surface area contributed by atoms with Gasteiger partial charge >= 0.3 is 12.0 Å². The van der Waals surface area contributed by atoms with Crippen molar-refractivity contribution in [2.75, 3.05) is 17.2 Å². The molecule has 1 aliphatic heterocycles. The number of anilines is 2. The van der Waals surface area contributed by atoms with Gasteiger partial charge in [0.05, 0.1) is 23.4 Å². The molecule has 3 aromatic rings. The number of Topliss-reactive ketones (excluding diaryl/α,β-unsaturated/α-hetero) is 1. The van der Waals surface area contributed by atoms with Gasteiger partial charge in [-0.3, -0.25) is 9.59 Å². The number of para-hydroxylation sites is 1. The van der Waals surface area contributed by atoms with Gasteiger partial charge < -0.3 is 15.4 Å². The number of hydrogen-bond donors (Lipinski definition) is 2. The highest BCUT2D eigenvalue weighted by atomic mass is 16.5. The minimum Gasteiger partial charge on any atom is -0.457 e. The van der Waals surface area contributed by atoms with Gasteiger partial charge in [0.25, 0.3) is 0 Å². The van der Waals surface area contributed by atoms with Crippen LogP contribution >= 0.6 is 0 Å². The van der Waals surface area contributed by atoms with Crippen molar-refractivity contribution in [1.82, 2.24) is 5.01 Å². The zero-order valence-corrected chi connectivity index (χ0v) is 25.9. The van der Waals surface area contributed by atoms with Gasteiger partial charge in [-0.05, 0) is 42.2 Å². The van der Waals surface area contributed by atoms with Crippen LogP contribution in [0.1, 0.15) is 80.3 Å². The number of carbonyl (C=O) groups excluding carboxylic acids is 4. The molecule has 1 heterocycles. The summed E-state index contributed by atoms with van der Waals surface area (Å²) in [6, 6.07) is 22.4. The lowest BCUT2D eigenvalue weighted by atomic mass is 9.73. The summed E-state index contributed by atoms with van der Waals surface area (Å²) in [7, 11) is 0. The SMILES string of the molecule is CC(C)(CC1CCCCC1)C(=O)CC1=NN(CC(=O)Nc2cccc(C(=O)OCc3ccccc3)c2)C(=O)Nc2ccccc21. The molecule has 45 heavy (non-hydrogen) atoms. The molecule has 0 bridgehead atoms. The average molecular weight is 609 g/mol. The summed E-state index contributed by atoms with van der Waals surface area (Å²) in [6.45, 7) is 3.72. The Morgan fingerprint density at radius 3 is 2.47 bits per heavy atom. The van der Waals surface area contributed by atoms with E-state index in [-0.39, 0.29) is 24.4 Å². The summed E-state index contributed by atoms with van der Waals surface area (Å²) in [5.74, 6) is -0.451. The predicted octanol–water partition coefficient (Wildman–Crippen LogP) is 7.19. The van der Waals surface area contributed by atoms with Gasteiger partial charge in [-0.25, -0.2) is 14.6 Å². The molecule has 1 saturated carbocycles.